The van der Waals surface area contributed by atoms with Crippen molar-refractivity contribution in [2.45, 2.75) is 16.6 Å². The topological polar surface area (TPSA) is 18.5 Å². The number of alkyl halides is 1. The summed E-state index contributed by atoms with van der Waals surface area (Å²) in [6.07, 6.45) is 6.01. The van der Waals surface area contributed by atoms with Crippen molar-refractivity contribution in [1.29, 1.82) is 0 Å². The van der Waals surface area contributed by atoms with Crippen LogP contribution in [0.15, 0.2) is 0 Å². The number of terminal acetylenes is 1. The molecule has 0 amide bonds. The van der Waals surface area contributed by atoms with Crippen molar-refractivity contribution in [1.82, 2.24) is 0 Å². The Balaban J connectivity index is 2.21. The molecule has 1 fully saturated rings. The highest BCUT2D eigenvalue weighted by molar-refractivity contribution is 14.1. The smallest absolute Gasteiger partial charge is 0.170 e. The van der Waals surface area contributed by atoms with Crippen molar-refractivity contribution in [3.05, 3.63) is 0 Å². The van der Waals surface area contributed by atoms with Crippen LogP contribution in [0.25, 0.3) is 0 Å². The molecular formula is C7H9IO2. The van der Waals surface area contributed by atoms with Gasteiger partial charge in [-0.15, -0.1) is 6.42 Å². The number of halogens is 1. The molecule has 0 aromatic heterocycles. The van der Waals surface area contributed by atoms with E-state index < -0.39 is 0 Å². The molecular weight excluding hydrogens is 243 g/mol. The lowest BCUT2D eigenvalue weighted by molar-refractivity contribution is -0.0951. The van der Waals surface area contributed by atoms with Crippen molar-refractivity contribution in [2.75, 3.05) is 13.2 Å². The molecule has 1 aliphatic heterocycles. The van der Waals surface area contributed by atoms with E-state index in [4.69, 9.17) is 15.9 Å². The van der Waals surface area contributed by atoms with E-state index >= 15 is 0 Å². The number of ether oxygens (including phenoxy) is 2. The van der Waals surface area contributed by atoms with Crippen LogP contribution in [-0.2, 0) is 9.47 Å². The predicted octanol–water partition coefficient (Wildman–Crippen LogP) is 1.19. The van der Waals surface area contributed by atoms with E-state index in [0.29, 0.717) is 10.5 Å². The molecule has 0 bridgehead atoms. The third-order valence-electron chi connectivity index (χ3n) is 1.30. The maximum atomic E-state index is 5.24. The van der Waals surface area contributed by atoms with Gasteiger partial charge in [-0.3, -0.25) is 0 Å². The molecule has 2 nitrogen and oxygen atoms in total. The Morgan fingerprint density at radius 3 is 3.10 bits per heavy atom. The fourth-order valence-corrected chi connectivity index (χ4v) is 1.49. The van der Waals surface area contributed by atoms with E-state index in [9.17, 15) is 0 Å². The third-order valence-corrected chi connectivity index (χ3v) is 2.51. The highest BCUT2D eigenvalue weighted by Gasteiger charge is 2.25. The number of rotatable bonds is 2. The standard InChI is InChI=1S/C7H9IO2/c1-2-4-9-7-6(8)3-5-10-7/h1,6-7H,3-5H2/t6-,7-/m0/s1. The Hall–Kier alpha value is 0.210. The molecule has 2 atom stereocenters. The minimum Gasteiger partial charge on any atom is -0.351 e. The SMILES string of the molecule is C#CCO[C@H]1OCC[C@@H]1I. The lowest BCUT2D eigenvalue weighted by Crippen LogP contribution is -2.19. The second kappa shape index (κ2) is 4.16. The molecule has 1 rings (SSSR count). The van der Waals surface area contributed by atoms with Crippen LogP contribution in [0, 0.1) is 12.3 Å². The lowest BCUT2D eigenvalue weighted by atomic mass is 10.4. The van der Waals surface area contributed by atoms with Gasteiger partial charge in [0.1, 0.15) is 6.61 Å². The minimum atomic E-state index is -0.0725. The molecule has 0 radical (unpaired) electrons. The molecule has 0 N–H and O–H groups in total. The van der Waals surface area contributed by atoms with Crippen molar-refractivity contribution in [3.63, 3.8) is 0 Å². The summed E-state index contributed by atoms with van der Waals surface area (Å²) in [7, 11) is 0. The van der Waals surface area contributed by atoms with Gasteiger partial charge >= 0.3 is 0 Å². The van der Waals surface area contributed by atoms with Crippen molar-refractivity contribution in [2.24, 2.45) is 0 Å². The van der Waals surface area contributed by atoms with E-state index in [2.05, 4.69) is 28.5 Å². The highest BCUT2D eigenvalue weighted by Crippen LogP contribution is 2.22. The molecule has 10 heavy (non-hydrogen) atoms. The Morgan fingerprint density at radius 2 is 2.60 bits per heavy atom. The first-order valence-electron chi connectivity index (χ1n) is 3.15. The van der Waals surface area contributed by atoms with E-state index in [1.807, 2.05) is 0 Å². The van der Waals surface area contributed by atoms with Crippen LogP contribution in [0.2, 0.25) is 0 Å². The van der Waals surface area contributed by atoms with Crippen LogP contribution >= 0.6 is 22.6 Å². The monoisotopic (exact) mass is 252 g/mol. The largest absolute Gasteiger partial charge is 0.351 e. The zero-order chi connectivity index (χ0) is 7.40. The van der Waals surface area contributed by atoms with Crippen LogP contribution in [0.4, 0.5) is 0 Å². The first-order chi connectivity index (χ1) is 4.84. The summed E-state index contributed by atoms with van der Waals surface area (Å²) in [4.78, 5) is 0. The van der Waals surface area contributed by atoms with Crippen LogP contribution in [0.3, 0.4) is 0 Å². The molecule has 0 unspecified atom stereocenters. The fourth-order valence-electron chi connectivity index (χ4n) is 0.820. The van der Waals surface area contributed by atoms with E-state index in [1.54, 1.807) is 0 Å². The molecule has 1 heterocycles. The van der Waals surface area contributed by atoms with Crippen molar-refractivity contribution in [3.8, 4) is 12.3 Å². The van der Waals surface area contributed by atoms with Gasteiger partial charge in [-0.1, -0.05) is 28.5 Å². The quantitative estimate of drug-likeness (QED) is 0.417. The van der Waals surface area contributed by atoms with E-state index in [0.717, 1.165) is 13.0 Å². The molecule has 1 saturated heterocycles. The van der Waals surface area contributed by atoms with Crippen LogP contribution < -0.4 is 0 Å². The highest BCUT2D eigenvalue weighted by atomic mass is 127. The van der Waals surface area contributed by atoms with Gasteiger partial charge in [-0.05, 0) is 6.42 Å². The summed E-state index contributed by atoms with van der Waals surface area (Å²) in [5.74, 6) is 2.41. The fraction of sp³-hybridized carbons (Fsp3) is 0.714. The zero-order valence-electron chi connectivity index (χ0n) is 5.55. The molecule has 0 aromatic carbocycles. The van der Waals surface area contributed by atoms with Gasteiger partial charge in [0.05, 0.1) is 10.5 Å². The lowest BCUT2D eigenvalue weighted by Gasteiger charge is -2.11. The first-order valence-corrected chi connectivity index (χ1v) is 4.40. The average Bonchev–Trinajstić information content (AvgIpc) is 2.31. The van der Waals surface area contributed by atoms with Gasteiger partial charge in [0.25, 0.3) is 0 Å². The van der Waals surface area contributed by atoms with Gasteiger partial charge in [0.2, 0.25) is 0 Å². The summed E-state index contributed by atoms with van der Waals surface area (Å²) < 4.78 is 10.9. The zero-order valence-corrected chi connectivity index (χ0v) is 7.71. The van der Waals surface area contributed by atoms with Crippen molar-refractivity contribution < 1.29 is 9.47 Å². The van der Waals surface area contributed by atoms with Crippen LogP contribution in [0.1, 0.15) is 6.42 Å². The molecule has 56 valence electrons. The maximum Gasteiger partial charge on any atom is 0.170 e. The first kappa shape index (κ1) is 8.31. The van der Waals surface area contributed by atoms with Gasteiger partial charge < -0.3 is 9.47 Å². The minimum absolute atomic E-state index is 0.0725. The molecule has 0 aliphatic carbocycles. The normalized spacial score (nSPS) is 32.0. The summed E-state index contributed by atoms with van der Waals surface area (Å²) >= 11 is 2.32. The molecule has 1 aliphatic rings. The van der Waals surface area contributed by atoms with E-state index in [-0.39, 0.29) is 6.29 Å². The van der Waals surface area contributed by atoms with Crippen LogP contribution in [0.5, 0.6) is 0 Å². The predicted molar refractivity (Wildman–Crippen MR) is 47.0 cm³/mol. The summed E-state index contributed by atoms with van der Waals surface area (Å²) in [5, 5.41) is 0. The van der Waals surface area contributed by atoms with Crippen molar-refractivity contribution >= 4 is 22.6 Å². The molecule has 0 aromatic rings. The van der Waals surface area contributed by atoms with E-state index in [1.165, 1.54) is 0 Å². The Bertz CT molecular complexity index is 141. The molecule has 0 saturated carbocycles. The molecule has 3 heteroatoms. The average molecular weight is 252 g/mol. The van der Waals surface area contributed by atoms with Gasteiger partial charge in [0.15, 0.2) is 6.29 Å². The number of hydrogen-bond acceptors (Lipinski definition) is 2. The summed E-state index contributed by atoms with van der Waals surface area (Å²) in [6.45, 7) is 1.15. The van der Waals surface area contributed by atoms with Gasteiger partial charge in [0, 0.05) is 0 Å². The molecule has 0 spiro atoms. The van der Waals surface area contributed by atoms with Gasteiger partial charge in [-0.2, -0.15) is 0 Å². The summed E-state index contributed by atoms with van der Waals surface area (Å²) in [6, 6.07) is 0. The summed E-state index contributed by atoms with van der Waals surface area (Å²) in [5.41, 5.74) is 0. The van der Waals surface area contributed by atoms with Crippen LogP contribution in [-0.4, -0.2) is 23.4 Å². The van der Waals surface area contributed by atoms with Gasteiger partial charge in [-0.25, -0.2) is 0 Å². The third kappa shape index (κ3) is 2.11. The Kier molecular flexibility index (Phi) is 3.46. The Morgan fingerprint density at radius 1 is 1.80 bits per heavy atom. The Labute approximate surface area is 74.4 Å². The maximum absolute atomic E-state index is 5.24. The number of hydrogen-bond donors (Lipinski definition) is 0. The second-order valence-electron chi connectivity index (χ2n) is 2.06. The second-order valence-corrected chi connectivity index (χ2v) is 3.66.